The van der Waals surface area contributed by atoms with Gasteiger partial charge in [-0.1, -0.05) is 112 Å². The first-order chi connectivity index (χ1) is 16.6. The molecule has 4 aromatic carbocycles. The average molecular weight is 461 g/mol. The molecule has 0 radical (unpaired) electrons. The van der Waals surface area contributed by atoms with Gasteiger partial charge in [0.05, 0.1) is 5.56 Å². The van der Waals surface area contributed by atoms with Crippen LogP contribution < -0.4 is 0 Å². The van der Waals surface area contributed by atoms with Gasteiger partial charge in [-0.25, -0.2) is 4.79 Å². The van der Waals surface area contributed by atoms with Crippen LogP contribution in [0.1, 0.15) is 62.0 Å². The van der Waals surface area contributed by atoms with E-state index in [9.17, 15) is 4.79 Å². The van der Waals surface area contributed by atoms with Crippen LogP contribution in [-0.2, 0) is 5.41 Å². The Bertz CT molecular complexity index is 1510. The van der Waals surface area contributed by atoms with Gasteiger partial charge >= 0.3 is 5.97 Å². The highest BCUT2D eigenvalue weighted by Gasteiger charge is 2.36. The zero-order chi connectivity index (χ0) is 24.8. The Hall–Kier alpha value is -3.65. The van der Waals surface area contributed by atoms with Gasteiger partial charge in [-0.2, -0.15) is 0 Å². The van der Waals surface area contributed by atoms with Crippen LogP contribution >= 0.6 is 0 Å². The Labute approximate surface area is 207 Å². The predicted molar refractivity (Wildman–Crippen MR) is 147 cm³/mol. The number of carbonyl (C=O) groups is 1. The summed E-state index contributed by atoms with van der Waals surface area (Å²) in [6.45, 7) is 9.51. The van der Waals surface area contributed by atoms with E-state index < -0.39 is 5.97 Å². The Morgan fingerprint density at radius 2 is 1.43 bits per heavy atom. The maximum Gasteiger partial charge on any atom is 0.335 e. The summed E-state index contributed by atoms with van der Waals surface area (Å²) in [6.07, 6.45) is 7.14. The third-order valence-corrected chi connectivity index (χ3v) is 7.30. The van der Waals surface area contributed by atoms with E-state index in [-0.39, 0.29) is 5.41 Å². The molecule has 0 atom stereocenters. The van der Waals surface area contributed by atoms with Crippen LogP contribution in [0.15, 0.2) is 96.6 Å². The number of carboxylic acid groups (broad SMARTS) is 1. The third-order valence-electron chi connectivity index (χ3n) is 7.30. The van der Waals surface area contributed by atoms with Crippen molar-refractivity contribution in [2.45, 2.75) is 46.0 Å². The maximum absolute atomic E-state index is 10.6. The second-order valence-corrected chi connectivity index (χ2v) is 11.2. The van der Waals surface area contributed by atoms with Gasteiger partial charge in [0.2, 0.25) is 0 Å². The molecule has 0 bridgehead atoms. The summed E-state index contributed by atoms with van der Waals surface area (Å²) >= 11 is 0. The highest BCUT2D eigenvalue weighted by molar-refractivity contribution is 5.95. The average Bonchev–Trinajstić information content (AvgIpc) is 2.82. The van der Waals surface area contributed by atoms with Crippen molar-refractivity contribution in [1.82, 2.24) is 0 Å². The summed E-state index contributed by atoms with van der Waals surface area (Å²) < 4.78 is 0. The number of hydrogen-bond donors (Lipinski definition) is 1. The molecule has 0 spiro atoms. The van der Waals surface area contributed by atoms with Crippen molar-refractivity contribution in [2.75, 3.05) is 0 Å². The van der Waals surface area contributed by atoms with E-state index in [1.165, 1.54) is 40.3 Å². The van der Waals surface area contributed by atoms with E-state index in [1.54, 1.807) is 17.7 Å². The monoisotopic (exact) mass is 460 g/mol. The molecule has 2 nitrogen and oxygen atoms in total. The molecule has 0 fully saturated rings. The van der Waals surface area contributed by atoms with Gasteiger partial charge < -0.3 is 5.11 Å². The largest absolute Gasteiger partial charge is 0.478 e. The lowest BCUT2D eigenvalue weighted by Gasteiger charge is -2.40. The molecule has 0 amide bonds. The van der Waals surface area contributed by atoms with Crippen LogP contribution in [0.25, 0.3) is 27.1 Å². The van der Waals surface area contributed by atoms with Gasteiger partial charge in [0, 0.05) is 0 Å². The first-order valence-electron chi connectivity index (χ1n) is 12.3. The molecule has 35 heavy (non-hydrogen) atoms. The van der Waals surface area contributed by atoms with Crippen molar-refractivity contribution in [3.63, 3.8) is 0 Å². The number of fused-ring (bicyclic) bond motifs is 5. The molecule has 2 heteroatoms. The second kappa shape index (κ2) is 8.53. The molecule has 2 aliphatic carbocycles. The molecule has 2 aliphatic rings. The van der Waals surface area contributed by atoms with Crippen molar-refractivity contribution in [3.8, 4) is 0 Å². The number of aromatic carboxylic acids is 1. The lowest BCUT2D eigenvalue weighted by atomic mass is 9.64. The van der Waals surface area contributed by atoms with E-state index in [2.05, 4.69) is 76.2 Å². The number of rotatable bonds is 1. The van der Waals surface area contributed by atoms with E-state index in [0.29, 0.717) is 11.0 Å². The highest BCUT2D eigenvalue weighted by atomic mass is 16.4. The predicted octanol–water partition coefficient (Wildman–Crippen LogP) is 8.80. The lowest BCUT2D eigenvalue weighted by Crippen LogP contribution is -2.27. The molecule has 0 saturated heterocycles. The number of hydrogen-bond acceptors (Lipinski definition) is 1. The SMILES string of the molecule is CC1(C)C=CC2=C(C1)CC(C)(C)c1c2ccc2ccccc12.O=C(O)c1ccc2ccccc2c1. The maximum atomic E-state index is 10.6. The summed E-state index contributed by atoms with van der Waals surface area (Å²) in [5.41, 5.74) is 6.95. The van der Waals surface area contributed by atoms with Gasteiger partial charge in [-0.05, 0) is 74.0 Å². The Morgan fingerprint density at radius 3 is 2.17 bits per heavy atom. The molecule has 1 N–H and O–H groups in total. The quantitative estimate of drug-likeness (QED) is 0.308. The lowest BCUT2D eigenvalue weighted by molar-refractivity contribution is 0.0697. The minimum atomic E-state index is -0.884. The summed E-state index contributed by atoms with van der Waals surface area (Å²) in [7, 11) is 0. The summed E-state index contributed by atoms with van der Waals surface area (Å²) in [6, 6.07) is 26.3. The zero-order valence-corrected chi connectivity index (χ0v) is 20.9. The molecular formula is C33H32O2. The van der Waals surface area contributed by atoms with Crippen LogP contribution in [0.2, 0.25) is 0 Å². The van der Waals surface area contributed by atoms with Crippen LogP contribution in [0.5, 0.6) is 0 Å². The van der Waals surface area contributed by atoms with E-state index in [4.69, 9.17) is 5.11 Å². The summed E-state index contributed by atoms with van der Waals surface area (Å²) in [5, 5.41) is 13.6. The Morgan fingerprint density at radius 1 is 0.771 bits per heavy atom. The normalized spacial score (nSPS) is 17.4. The molecule has 0 aromatic heterocycles. The molecule has 0 saturated carbocycles. The van der Waals surface area contributed by atoms with Crippen molar-refractivity contribution in [1.29, 1.82) is 0 Å². The molecule has 0 heterocycles. The first kappa shape index (κ1) is 23.1. The summed E-state index contributed by atoms with van der Waals surface area (Å²) in [5.74, 6) is -0.884. The molecule has 0 aliphatic heterocycles. The number of allylic oxidation sites excluding steroid dienone is 4. The fraction of sp³-hybridized carbons (Fsp3) is 0.242. The van der Waals surface area contributed by atoms with Crippen LogP contribution in [-0.4, -0.2) is 11.1 Å². The number of carboxylic acids is 1. The third kappa shape index (κ3) is 4.41. The van der Waals surface area contributed by atoms with Crippen LogP contribution in [0.4, 0.5) is 0 Å². The summed E-state index contributed by atoms with van der Waals surface area (Å²) in [4.78, 5) is 10.6. The van der Waals surface area contributed by atoms with E-state index in [0.717, 1.165) is 10.8 Å². The van der Waals surface area contributed by atoms with Gasteiger partial charge in [0.1, 0.15) is 0 Å². The van der Waals surface area contributed by atoms with Gasteiger partial charge in [0.25, 0.3) is 0 Å². The first-order valence-corrected chi connectivity index (χ1v) is 12.3. The van der Waals surface area contributed by atoms with Crippen molar-refractivity contribution in [2.24, 2.45) is 5.41 Å². The van der Waals surface area contributed by atoms with Crippen molar-refractivity contribution in [3.05, 3.63) is 113 Å². The van der Waals surface area contributed by atoms with E-state index >= 15 is 0 Å². The van der Waals surface area contributed by atoms with E-state index in [1.807, 2.05) is 30.3 Å². The highest BCUT2D eigenvalue weighted by Crippen LogP contribution is 2.50. The standard InChI is InChI=1S/C22H24.C11H8O2/c1-21(2)12-11-17-16(13-21)14-22(3,4)20-18-8-6-5-7-15(18)9-10-19(17)20;12-11(13)10-6-5-8-3-1-2-4-9(8)7-10/h5-12H,13-14H2,1-4H3;1-7H,(H,12,13). The fourth-order valence-corrected chi connectivity index (χ4v) is 5.74. The molecular weight excluding hydrogens is 428 g/mol. The Balaban J connectivity index is 0.000000166. The van der Waals surface area contributed by atoms with Gasteiger partial charge in [0.15, 0.2) is 0 Å². The molecule has 0 unspecified atom stereocenters. The fourth-order valence-electron chi connectivity index (χ4n) is 5.74. The smallest absolute Gasteiger partial charge is 0.335 e. The zero-order valence-electron chi connectivity index (χ0n) is 20.9. The van der Waals surface area contributed by atoms with Crippen LogP contribution in [0, 0.1) is 5.41 Å². The van der Waals surface area contributed by atoms with Crippen molar-refractivity contribution < 1.29 is 9.90 Å². The minimum Gasteiger partial charge on any atom is -0.478 e. The van der Waals surface area contributed by atoms with Gasteiger partial charge in [-0.3, -0.25) is 0 Å². The van der Waals surface area contributed by atoms with Crippen LogP contribution in [0.3, 0.4) is 0 Å². The van der Waals surface area contributed by atoms with Gasteiger partial charge in [-0.15, -0.1) is 0 Å². The van der Waals surface area contributed by atoms with Crippen molar-refractivity contribution >= 4 is 33.1 Å². The minimum absolute atomic E-state index is 0.205. The molecule has 176 valence electrons. The Kier molecular flexibility index (Phi) is 5.63. The molecule has 4 aromatic rings. The second-order valence-electron chi connectivity index (χ2n) is 11.2. The topological polar surface area (TPSA) is 37.3 Å². The number of benzene rings is 4. The molecule has 6 rings (SSSR count).